The average Bonchev–Trinajstić information content (AvgIpc) is 2.59. The van der Waals surface area contributed by atoms with E-state index < -0.39 is 29.6 Å². The van der Waals surface area contributed by atoms with E-state index in [0.29, 0.717) is 25.5 Å². The lowest BCUT2D eigenvalue weighted by Crippen LogP contribution is -2.45. The van der Waals surface area contributed by atoms with E-state index in [1.54, 1.807) is 4.90 Å². The summed E-state index contributed by atoms with van der Waals surface area (Å²) in [4.78, 5) is 36.8. The summed E-state index contributed by atoms with van der Waals surface area (Å²) in [6, 6.07) is 1.91. The molecule has 1 aromatic rings. The molecule has 2 unspecified atom stereocenters. The maximum atomic E-state index is 14.1. The smallest absolute Gasteiger partial charge is 0.303 e. The molecule has 2 rings (SSSR count). The van der Waals surface area contributed by atoms with Gasteiger partial charge in [0.2, 0.25) is 11.8 Å². The molecule has 0 spiro atoms. The van der Waals surface area contributed by atoms with E-state index in [1.807, 2.05) is 0 Å². The van der Waals surface area contributed by atoms with Crippen LogP contribution in [0.3, 0.4) is 0 Å². The molecule has 8 heteroatoms. The first-order chi connectivity index (χ1) is 12.8. The number of aliphatic carboxylic acids is 1. The topological polar surface area (TPSA) is 86.7 Å². The normalized spacial score (nSPS) is 18.0. The summed E-state index contributed by atoms with van der Waals surface area (Å²) in [5.74, 6) is -3.21. The monoisotopic (exact) mass is 382 g/mol. The highest BCUT2D eigenvalue weighted by molar-refractivity contribution is 5.79. The van der Waals surface area contributed by atoms with Crippen LogP contribution in [0.2, 0.25) is 0 Å². The zero-order valence-electron chi connectivity index (χ0n) is 15.2. The summed E-state index contributed by atoms with van der Waals surface area (Å²) in [6.07, 6.45) is 2.59. The summed E-state index contributed by atoms with van der Waals surface area (Å²) in [7, 11) is 0. The highest BCUT2D eigenvalue weighted by Crippen LogP contribution is 2.26. The van der Waals surface area contributed by atoms with Crippen LogP contribution in [-0.2, 0) is 14.4 Å². The minimum absolute atomic E-state index is 0.0316. The Labute approximate surface area is 156 Å². The van der Waals surface area contributed by atoms with Gasteiger partial charge in [-0.3, -0.25) is 14.4 Å². The zero-order valence-corrected chi connectivity index (χ0v) is 15.2. The number of rotatable bonds is 7. The first kappa shape index (κ1) is 20.8. The largest absolute Gasteiger partial charge is 0.481 e. The van der Waals surface area contributed by atoms with Crippen molar-refractivity contribution in [3.8, 4) is 0 Å². The second-order valence-corrected chi connectivity index (χ2v) is 6.79. The molecule has 0 radical (unpaired) electrons. The average molecular weight is 382 g/mol. The standard InChI is InChI=1S/C19H24F2N2O4/c1-12(24)22-17(15-7-5-13(20)10-16(15)21)11-18(25)23-9-3-2-4-14(23)6-8-19(26)27/h5,7,10,14,17H,2-4,6,8-9,11H2,1H3,(H,22,24)(H,26,27). The molecule has 1 fully saturated rings. The van der Waals surface area contributed by atoms with Crippen LogP contribution >= 0.6 is 0 Å². The second kappa shape index (κ2) is 9.43. The van der Waals surface area contributed by atoms with Crippen molar-refractivity contribution in [1.82, 2.24) is 10.2 Å². The van der Waals surface area contributed by atoms with E-state index in [4.69, 9.17) is 5.11 Å². The Bertz CT molecular complexity index is 711. The molecule has 2 amide bonds. The molecule has 2 N–H and O–H groups in total. The Morgan fingerprint density at radius 1 is 1.30 bits per heavy atom. The van der Waals surface area contributed by atoms with Crippen LogP contribution in [0.1, 0.15) is 57.1 Å². The summed E-state index contributed by atoms with van der Waals surface area (Å²) in [6.45, 7) is 1.76. The third-order valence-electron chi connectivity index (χ3n) is 4.73. The van der Waals surface area contributed by atoms with Gasteiger partial charge >= 0.3 is 5.97 Å². The van der Waals surface area contributed by atoms with E-state index in [2.05, 4.69) is 5.32 Å². The minimum Gasteiger partial charge on any atom is -0.481 e. The number of hydrogen-bond acceptors (Lipinski definition) is 3. The van der Waals surface area contributed by atoms with Crippen LogP contribution in [0, 0.1) is 11.6 Å². The third-order valence-corrected chi connectivity index (χ3v) is 4.73. The second-order valence-electron chi connectivity index (χ2n) is 6.79. The van der Waals surface area contributed by atoms with Crippen LogP contribution in [0.5, 0.6) is 0 Å². The van der Waals surface area contributed by atoms with E-state index >= 15 is 0 Å². The molecule has 1 aromatic carbocycles. The SMILES string of the molecule is CC(=O)NC(CC(=O)N1CCCCC1CCC(=O)O)c1ccc(F)cc1F. The Morgan fingerprint density at radius 3 is 2.67 bits per heavy atom. The molecule has 0 bridgehead atoms. The van der Waals surface area contributed by atoms with E-state index in [1.165, 1.54) is 13.0 Å². The first-order valence-electron chi connectivity index (χ1n) is 9.01. The van der Waals surface area contributed by atoms with Crippen molar-refractivity contribution in [2.24, 2.45) is 0 Å². The molecule has 148 valence electrons. The van der Waals surface area contributed by atoms with Crippen molar-refractivity contribution in [2.45, 2.75) is 57.5 Å². The lowest BCUT2D eigenvalue weighted by molar-refractivity contribution is -0.140. The number of carboxylic acid groups (broad SMARTS) is 1. The van der Waals surface area contributed by atoms with Crippen molar-refractivity contribution in [2.75, 3.05) is 6.54 Å². The molecule has 2 atom stereocenters. The van der Waals surface area contributed by atoms with Crippen LogP contribution in [0.25, 0.3) is 0 Å². The molecule has 1 heterocycles. The van der Waals surface area contributed by atoms with Crippen LogP contribution in [0.15, 0.2) is 18.2 Å². The third kappa shape index (κ3) is 6.01. The predicted molar refractivity (Wildman–Crippen MR) is 93.8 cm³/mol. The number of halogens is 2. The molecular weight excluding hydrogens is 358 g/mol. The van der Waals surface area contributed by atoms with Crippen molar-refractivity contribution in [3.05, 3.63) is 35.4 Å². The summed E-state index contributed by atoms with van der Waals surface area (Å²) in [5, 5.41) is 11.4. The van der Waals surface area contributed by atoms with Crippen LogP contribution in [0.4, 0.5) is 8.78 Å². The van der Waals surface area contributed by atoms with Gasteiger partial charge in [-0.25, -0.2) is 8.78 Å². The number of benzene rings is 1. The van der Waals surface area contributed by atoms with E-state index in [-0.39, 0.29) is 30.4 Å². The number of nitrogens with one attached hydrogen (secondary N) is 1. The van der Waals surface area contributed by atoms with E-state index in [9.17, 15) is 23.2 Å². The van der Waals surface area contributed by atoms with Crippen molar-refractivity contribution in [1.29, 1.82) is 0 Å². The zero-order chi connectivity index (χ0) is 20.0. The van der Waals surface area contributed by atoms with Crippen LogP contribution < -0.4 is 5.32 Å². The predicted octanol–water partition coefficient (Wildman–Crippen LogP) is 2.78. The summed E-state index contributed by atoms with van der Waals surface area (Å²) >= 11 is 0. The van der Waals surface area contributed by atoms with Gasteiger partial charge in [0.15, 0.2) is 0 Å². The first-order valence-corrected chi connectivity index (χ1v) is 9.01. The molecule has 1 aliphatic heterocycles. The number of piperidine rings is 1. The molecule has 0 saturated carbocycles. The lowest BCUT2D eigenvalue weighted by Gasteiger charge is -2.36. The van der Waals surface area contributed by atoms with Gasteiger partial charge in [-0.2, -0.15) is 0 Å². The number of hydrogen-bond donors (Lipinski definition) is 2. The van der Waals surface area contributed by atoms with Crippen molar-refractivity contribution >= 4 is 17.8 Å². The number of nitrogens with zero attached hydrogens (tertiary/aromatic N) is 1. The molecule has 1 saturated heterocycles. The quantitative estimate of drug-likeness (QED) is 0.759. The van der Waals surface area contributed by atoms with Gasteiger partial charge in [0.25, 0.3) is 0 Å². The molecule has 6 nitrogen and oxygen atoms in total. The van der Waals surface area contributed by atoms with Crippen molar-refractivity contribution < 1.29 is 28.3 Å². The van der Waals surface area contributed by atoms with Gasteiger partial charge in [0.1, 0.15) is 11.6 Å². The number of carbonyl (C=O) groups excluding carboxylic acids is 2. The highest BCUT2D eigenvalue weighted by Gasteiger charge is 2.30. The maximum absolute atomic E-state index is 14.1. The molecule has 0 aromatic heterocycles. The number of likely N-dealkylation sites (tertiary alicyclic amines) is 1. The van der Waals surface area contributed by atoms with Crippen molar-refractivity contribution in [3.63, 3.8) is 0 Å². The van der Waals surface area contributed by atoms with Gasteiger partial charge in [-0.1, -0.05) is 6.07 Å². The Morgan fingerprint density at radius 2 is 2.04 bits per heavy atom. The molecule has 27 heavy (non-hydrogen) atoms. The number of amides is 2. The number of carboxylic acids is 1. The van der Waals surface area contributed by atoms with Crippen LogP contribution in [-0.4, -0.2) is 40.4 Å². The molecule has 0 aliphatic carbocycles. The summed E-state index contributed by atoms with van der Waals surface area (Å²) < 4.78 is 27.3. The van der Waals surface area contributed by atoms with Gasteiger partial charge < -0.3 is 15.3 Å². The van der Waals surface area contributed by atoms with Gasteiger partial charge in [-0.05, 0) is 31.7 Å². The fourth-order valence-corrected chi connectivity index (χ4v) is 3.48. The Kier molecular flexibility index (Phi) is 7.27. The summed E-state index contributed by atoms with van der Waals surface area (Å²) in [5.41, 5.74) is 0.0408. The highest BCUT2D eigenvalue weighted by atomic mass is 19.1. The fourth-order valence-electron chi connectivity index (χ4n) is 3.48. The van der Waals surface area contributed by atoms with Gasteiger partial charge in [-0.15, -0.1) is 0 Å². The fraction of sp³-hybridized carbons (Fsp3) is 0.526. The molecule has 1 aliphatic rings. The Balaban J connectivity index is 2.15. The number of carbonyl (C=O) groups is 3. The van der Waals surface area contributed by atoms with Gasteiger partial charge in [0.05, 0.1) is 12.5 Å². The van der Waals surface area contributed by atoms with Gasteiger partial charge in [0, 0.05) is 37.6 Å². The minimum atomic E-state index is -0.919. The Hall–Kier alpha value is -2.51. The van der Waals surface area contributed by atoms with E-state index in [0.717, 1.165) is 18.9 Å². The maximum Gasteiger partial charge on any atom is 0.303 e. The molecular formula is C19H24F2N2O4. The lowest BCUT2D eigenvalue weighted by atomic mass is 9.95.